The third-order valence-corrected chi connectivity index (χ3v) is 5.98. The number of hydrogen-bond donors (Lipinski definition) is 0. The quantitative estimate of drug-likeness (QED) is 0.671. The van der Waals surface area contributed by atoms with Crippen LogP contribution in [0.2, 0.25) is 5.02 Å². The molecule has 6 heteroatoms. The highest BCUT2D eigenvalue weighted by Crippen LogP contribution is 2.40. The summed E-state index contributed by atoms with van der Waals surface area (Å²) in [6.07, 6.45) is 4.33. The van der Waals surface area contributed by atoms with Gasteiger partial charge in [-0.05, 0) is 25.8 Å². The Labute approximate surface area is 150 Å². The lowest BCUT2D eigenvalue weighted by Gasteiger charge is -2.24. The van der Waals surface area contributed by atoms with Gasteiger partial charge in [0.15, 0.2) is 5.13 Å². The summed E-state index contributed by atoms with van der Waals surface area (Å²) in [5, 5.41) is 8.32. The van der Waals surface area contributed by atoms with Gasteiger partial charge in [0.05, 0.1) is 17.9 Å². The number of aromatic nitrogens is 3. The predicted octanol–water partition coefficient (Wildman–Crippen LogP) is 4.85. The predicted molar refractivity (Wildman–Crippen MR) is 99.8 cm³/mol. The average molecular weight is 359 g/mol. The van der Waals surface area contributed by atoms with E-state index in [0.29, 0.717) is 6.04 Å². The molecule has 3 aromatic rings. The van der Waals surface area contributed by atoms with E-state index >= 15 is 0 Å². The van der Waals surface area contributed by atoms with E-state index in [-0.39, 0.29) is 0 Å². The third-order valence-electron chi connectivity index (χ3n) is 4.77. The van der Waals surface area contributed by atoms with Gasteiger partial charge >= 0.3 is 0 Å². The minimum Gasteiger partial charge on any atom is -0.341 e. The van der Waals surface area contributed by atoms with Gasteiger partial charge in [-0.1, -0.05) is 29.8 Å². The second-order valence-corrected chi connectivity index (χ2v) is 7.40. The zero-order chi connectivity index (χ0) is 16.7. The minimum absolute atomic E-state index is 0.365. The first-order valence-electron chi connectivity index (χ1n) is 8.10. The maximum absolute atomic E-state index is 6.32. The van der Waals surface area contributed by atoms with E-state index in [4.69, 9.17) is 16.6 Å². The zero-order valence-electron chi connectivity index (χ0n) is 13.7. The Morgan fingerprint density at radius 3 is 2.88 bits per heavy atom. The van der Waals surface area contributed by atoms with Crippen LogP contribution >= 0.6 is 22.9 Å². The van der Waals surface area contributed by atoms with Crippen molar-refractivity contribution in [3.05, 3.63) is 52.1 Å². The van der Waals surface area contributed by atoms with Gasteiger partial charge in [0.1, 0.15) is 0 Å². The monoisotopic (exact) mass is 358 g/mol. The number of anilines is 1. The molecule has 0 amide bonds. The van der Waals surface area contributed by atoms with Crippen molar-refractivity contribution in [3.63, 3.8) is 0 Å². The SMILES string of the molecule is Cc1c(C2CCCN2c2nc(-c3ccccc3Cl)cs2)cnn1C. The van der Waals surface area contributed by atoms with Crippen molar-refractivity contribution in [2.24, 2.45) is 7.05 Å². The zero-order valence-corrected chi connectivity index (χ0v) is 15.3. The molecule has 0 N–H and O–H groups in total. The third kappa shape index (κ3) is 2.62. The summed E-state index contributed by atoms with van der Waals surface area (Å²) < 4.78 is 1.95. The van der Waals surface area contributed by atoms with Gasteiger partial charge in [0.25, 0.3) is 0 Å². The number of hydrogen-bond acceptors (Lipinski definition) is 4. The van der Waals surface area contributed by atoms with Crippen LogP contribution in [0.25, 0.3) is 11.3 Å². The molecular formula is C18H19ClN4S. The molecule has 2 aromatic heterocycles. The fourth-order valence-corrected chi connectivity index (χ4v) is 4.48. The molecule has 1 unspecified atom stereocenters. The molecule has 1 aromatic carbocycles. The summed E-state index contributed by atoms with van der Waals surface area (Å²) in [4.78, 5) is 7.28. The van der Waals surface area contributed by atoms with Crippen molar-refractivity contribution >= 4 is 28.1 Å². The van der Waals surface area contributed by atoms with E-state index in [1.807, 2.05) is 42.2 Å². The molecule has 4 nitrogen and oxygen atoms in total. The second-order valence-electron chi connectivity index (χ2n) is 6.16. The molecule has 24 heavy (non-hydrogen) atoms. The number of thiazole rings is 1. The van der Waals surface area contributed by atoms with E-state index < -0.39 is 0 Å². The summed E-state index contributed by atoms with van der Waals surface area (Å²) in [5.74, 6) is 0. The van der Waals surface area contributed by atoms with Gasteiger partial charge in [-0.3, -0.25) is 4.68 Å². The van der Waals surface area contributed by atoms with Gasteiger partial charge in [0.2, 0.25) is 0 Å². The highest BCUT2D eigenvalue weighted by atomic mass is 35.5. The molecule has 3 heterocycles. The van der Waals surface area contributed by atoms with Crippen LogP contribution < -0.4 is 4.90 Å². The van der Waals surface area contributed by atoms with Crippen LogP contribution in [0, 0.1) is 6.92 Å². The summed E-state index contributed by atoms with van der Waals surface area (Å²) >= 11 is 8.01. The molecule has 1 saturated heterocycles. The van der Waals surface area contributed by atoms with E-state index in [2.05, 4.69) is 22.3 Å². The molecule has 1 aliphatic heterocycles. The van der Waals surface area contributed by atoms with Crippen LogP contribution in [0.4, 0.5) is 5.13 Å². The van der Waals surface area contributed by atoms with Gasteiger partial charge in [-0.2, -0.15) is 5.10 Å². The van der Waals surface area contributed by atoms with E-state index in [1.165, 1.54) is 17.7 Å². The number of nitrogens with zero attached hydrogens (tertiary/aromatic N) is 4. The lowest BCUT2D eigenvalue weighted by molar-refractivity contribution is 0.698. The van der Waals surface area contributed by atoms with Crippen LogP contribution in [0.15, 0.2) is 35.8 Å². The molecule has 0 saturated carbocycles. The topological polar surface area (TPSA) is 34.0 Å². The summed E-state index contributed by atoms with van der Waals surface area (Å²) in [7, 11) is 2.00. The van der Waals surface area contributed by atoms with Crippen LogP contribution in [0.1, 0.15) is 30.1 Å². The molecule has 0 bridgehead atoms. The normalized spacial score (nSPS) is 17.6. The van der Waals surface area contributed by atoms with Gasteiger partial charge in [0, 0.05) is 40.8 Å². The smallest absolute Gasteiger partial charge is 0.186 e. The molecular weight excluding hydrogens is 340 g/mol. The largest absolute Gasteiger partial charge is 0.341 e. The second kappa shape index (κ2) is 6.22. The first-order chi connectivity index (χ1) is 11.6. The summed E-state index contributed by atoms with van der Waals surface area (Å²) in [6, 6.07) is 8.24. The van der Waals surface area contributed by atoms with Crippen LogP contribution in [-0.2, 0) is 7.05 Å². The molecule has 0 radical (unpaired) electrons. The first-order valence-corrected chi connectivity index (χ1v) is 9.36. The lowest BCUT2D eigenvalue weighted by atomic mass is 10.1. The number of rotatable bonds is 3. The maximum atomic E-state index is 6.32. The van der Waals surface area contributed by atoms with Crippen molar-refractivity contribution in [3.8, 4) is 11.3 Å². The van der Waals surface area contributed by atoms with Crippen molar-refractivity contribution in [2.45, 2.75) is 25.8 Å². The van der Waals surface area contributed by atoms with Gasteiger partial charge in [-0.15, -0.1) is 11.3 Å². The minimum atomic E-state index is 0.365. The first kappa shape index (κ1) is 15.7. The van der Waals surface area contributed by atoms with Crippen molar-refractivity contribution in [1.29, 1.82) is 0 Å². The van der Waals surface area contributed by atoms with Crippen LogP contribution in [0.3, 0.4) is 0 Å². The Hall–Kier alpha value is -1.85. The maximum Gasteiger partial charge on any atom is 0.186 e. The summed E-state index contributed by atoms with van der Waals surface area (Å²) in [5.41, 5.74) is 4.49. The van der Waals surface area contributed by atoms with Crippen LogP contribution in [0.5, 0.6) is 0 Å². The average Bonchev–Trinajstić information content (AvgIpc) is 3.29. The van der Waals surface area contributed by atoms with E-state index in [1.54, 1.807) is 11.3 Å². The standard InChI is InChI=1S/C18H19ClN4S/c1-12-14(10-20-22(12)2)17-8-5-9-23(17)18-21-16(11-24-18)13-6-3-4-7-15(13)19/h3-4,6-7,10-11,17H,5,8-9H2,1-2H3. The highest BCUT2D eigenvalue weighted by molar-refractivity contribution is 7.14. The molecule has 1 atom stereocenters. The fraction of sp³-hybridized carbons (Fsp3) is 0.333. The molecule has 0 aliphatic carbocycles. The fourth-order valence-electron chi connectivity index (χ4n) is 3.35. The van der Waals surface area contributed by atoms with Gasteiger partial charge in [-0.25, -0.2) is 4.98 Å². The van der Waals surface area contributed by atoms with Crippen molar-refractivity contribution in [1.82, 2.24) is 14.8 Å². The Bertz CT molecular complexity index is 870. The Morgan fingerprint density at radius 1 is 1.29 bits per heavy atom. The highest BCUT2D eigenvalue weighted by Gasteiger charge is 2.30. The molecule has 0 spiro atoms. The molecule has 1 fully saturated rings. The van der Waals surface area contributed by atoms with Crippen LogP contribution in [-0.4, -0.2) is 21.3 Å². The van der Waals surface area contributed by atoms with E-state index in [0.717, 1.165) is 34.4 Å². The van der Waals surface area contributed by atoms with Gasteiger partial charge < -0.3 is 4.90 Å². The van der Waals surface area contributed by atoms with Crippen molar-refractivity contribution in [2.75, 3.05) is 11.4 Å². The molecule has 124 valence electrons. The van der Waals surface area contributed by atoms with Crippen molar-refractivity contribution < 1.29 is 0 Å². The number of benzene rings is 1. The Balaban J connectivity index is 1.66. The number of aryl methyl sites for hydroxylation is 1. The lowest BCUT2D eigenvalue weighted by Crippen LogP contribution is -2.22. The Morgan fingerprint density at radius 2 is 2.12 bits per heavy atom. The summed E-state index contributed by atoms with van der Waals surface area (Å²) in [6.45, 7) is 3.17. The molecule has 1 aliphatic rings. The molecule has 4 rings (SSSR count). The van der Waals surface area contributed by atoms with E-state index in [9.17, 15) is 0 Å². The Kier molecular flexibility index (Phi) is 4.06. The number of halogens is 1.